The number of pyridine rings is 1. The van der Waals surface area contributed by atoms with E-state index in [0.29, 0.717) is 35.3 Å². The maximum atomic E-state index is 11.3. The molecule has 170 valence electrons. The Morgan fingerprint density at radius 2 is 1.97 bits per heavy atom. The second kappa shape index (κ2) is 10.6. The molecule has 0 atom stereocenters. The van der Waals surface area contributed by atoms with Crippen LogP contribution in [0.4, 0.5) is 11.5 Å². The van der Waals surface area contributed by atoms with Gasteiger partial charge < -0.3 is 15.4 Å². The monoisotopic (exact) mass is 471 g/mol. The van der Waals surface area contributed by atoms with Crippen LogP contribution in [0.1, 0.15) is 24.6 Å². The molecule has 4 aromatic rings. The largest absolute Gasteiger partial charge is 0.454 e. The predicted octanol–water partition coefficient (Wildman–Crippen LogP) is 5.40. The van der Waals surface area contributed by atoms with E-state index in [4.69, 9.17) is 16.3 Å². The number of carbonyl (C=O) groups excluding carboxylic acids is 1. The molecule has 0 spiro atoms. The first kappa shape index (κ1) is 23.0. The molecule has 7 nitrogen and oxygen atoms in total. The number of carbonyl (C=O) groups is 1. The summed E-state index contributed by atoms with van der Waals surface area (Å²) in [4.78, 5) is 24.3. The third kappa shape index (κ3) is 5.80. The van der Waals surface area contributed by atoms with Crippen LogP contribution in [-0.4, -0.2) is 27.4 Å². The molecule has 0 aliphatic carbocycles. The number of aryl methyl sites for hydroxylation is 1. The second-order valence-corrected chi connectivity index (χ2v) is 7.80. The SMILES string of the molecule is CCC(=O)NCC#Cc1ccc2ncnc(Nc3ccc(Oc4ccc(C)nc4)c(Cl)c3)c2c1. The Hall–Kier alpha value is -4.15. The standard InChI is InChI=1S/C26H22ClN5O2/c1-3-25(33)28-12-4-5-18-7-10-23-21(13-18)26(31-16-30-23)32-19-8-11-24(22(27)14-19)34-20-9-6-17(2)29-15-20/h6-11,13-16H,3,12H2,1-2H3,(H,28,33)(H,30,31,32). The molecular formula is C26H22ClN5O2. The molecule has 0 fully saturated rings. The highest BCUT2D eigenvalue weighted by Gasteiger charge is 2.09. The summed E-state index contributed by atoms with van der Waals surface area (Å²) in [6.07, 6.45) is 3.59. The summed E-state index contributed by atoms with van der Waals surface area (Å²) in [5.74, 6) is 7.75. The van der Waals surface area contributed by atoms with Gasteiger partial charge in [-0.05, 0) is 55.5 Å². The van der Waals surface area contributed by atoms with E-state index in [9.17, 15) is 4.79 Å². The quantitative estimate of drug-likeness (QED) is 0.366. The lowest BCUT2D eigenvalue weighted by Gasteiger charge is -2.11. The zero-order valence-corrected chi connectivity index (χ0v) is 19.5. The number of nitrogens with one attached hydrogen (secondary N) is 2. The molecule has 0 radical (unpaired) electrons. The third-order valence-electron chi connectivity index (χ3n) is 4.87. The molecule has 0 unspecified atom stereocenters. The maximum Gasteiger partial charge on any atom is 0.220 e. The van der Waals surface area contributed by atoms with Crippen LogP contribution < -0.4 is 15.4 Å². The van der Waals surface area contributed by atoms with Gasteiger partial charge in [0.2, 0.25) is 5.91 Å². The first-order chi connectivity index (χ1) is 16.5. The van der Waals surface area contributed by atoms with Crippen molar-refractivity contribution in [2.75, 3.05) is 11.9 Å². The number of hydrogen-bond donors (Lipinski definition) is 2. The lowest BCUT2D eigenvalue weighted by Crippen LogP contribution is -2.22. The second-order valence-electron chi connectivity index (χ2n) is 7.39. The van der Waals surface area contributed by atoms with Gasteiger partial charge in [-0.25, -0.2) is 9.97 Å². The maximum absolute atomic E-state index is 11.3. The van der Waals surface area contributed by atoms with Gasteiger partial charge in [0.15, 0.2) is 0 Å². The normalized spacial score (nSPS) is 10.3. The average molecular weight is 472 g/mol. The van der Waals surface area contributed by atoms with E-state index < -0.39 is 0 Å². The van der Waals surface area contributed by atoms with Crippen molar-refractivity contribution >= 4 is 39.9 Å². The van der Waals surface area contributed by atoms with E-state index in [1.807, 2.05) is 43.3 Å². The summed E-state index contributed by atoms with van der Waals surface area (Å²) < 4.78 is 5.83. The summed E-state index contributed by atoms with van der Waals surface area (Å²) in [6.45, 7) is 4.01. The van der Waals surface area contributed by atoms with Gasteiger partial charge in [0, 0.05) is 28.8 Å². The number of halogens is 1. The Morgan fingerprint density at radius 1 is 1.09 bits per heavy atom. The minimum Gasteiger partial charge on any atom is -0.454 e. The van der Waals surface area contributed by atoms with Gasteiger partial charge in [-0.1, -0.05) is 30.4 Å². The highest BCUT2D eigenvalue weighted by atomic mass is 35.5. The average Bonchev–Trinajstić information content (AvgIpc) is 2.85. The van der Waals surface area contributed by atoms with Crippen LogP contribution in [0.2, 0.25) is 5.02 Å². The topological polar surface area (TPSA) is 89.0 Å². The molecule has 2 heterocycles. The Balaban J connectivity index is 1.53. The summed E-state index contributed by atoms with van der Waals surface area (Å²) in [5.41, 5.74) is 3.23. The van der Waals surface area contributed by atoms with Gasteiger partial charge in [-0.3, -0.25) is 9.78 Å². The summed E-state index contributed by atoms with van der Waals surface area (Å²) in [6, 6.07) is 14.8. The number of aromatic nitrogens is 3. The number of anilines is 2. The first-order valence-corrected chi connectivity index (χ1v) is 11.1. The number of hydrogen-bond acceptors (Lipinski definition) is 6. The van der Waals surface area contributed by atoms with Crippen molar-refractivity contribution in [1.29, 1.82) is 0 Å². The van der Waals surface area contributed by atoms with Crippen LogP contribution in [0.5, 0.6) is 11.5 Å². The number of fused-ring (bicyclic) bond motifs is 1. The van der Waals surface area contributed by atoms with Crippen molar-refractivity contribution in [2.24, 2.45) is 0 Å². The van der Waals surface area contributed by atoms with Crippen LogP contribution in [-0.2, 0) is 4.79 Å². The summed E-state index contributed by atoms with van der Waals surface area (Å²) in [7, 11) is 0. The Bertz CT molecular complexity index is 1390. The van der Waals surface area contributed by atoms with E-state index in [0.717, 1.165) is 27.8 Å². The highest BCUT2D eigenvalue weighted by molar-refractivity contribution is 6.32. The number of ether oxygens (including phenoxy) is 1. The van der Waals surface area contributed by atoms with Crippen molar-refractivity contribution in [1.82, 2.24) is 20.3 Å². The van der Waals surface area contributed by atoms with Crippen LogP contribution in [0.25, 0.3) is 10.9 Å². The van der Waals surface area contributed by atoms with Crippen molar-refractivity contribution in [3.8, 4) is 23.3 Å². The fourth-order valence-electron chi connectivity index (χ4n) is 3.09. The van der Waals surface area contributed by atoms with Gasteiger partial charge in [0.1, 0.15) is 23.6 Å². The van der Waals surface area contributed by atoms with Crippen molar-refractivity contribution in [2.45, 2.75) is 20.3 Å². The van der Waals surface area contributed by atoms with Crippen LogP contribution in [0, 0.1) is 18.8 Å². The van der Waals surface area contributed by atoms with Gasteiger partial charge in [-0.2, -0.15) is 0 Å². The molecule has 0 saturated heterocycles. The van der Waals surface area contributed by atoms with Gasteiger partial charge in [0.25, 0.3) is 0 Å². The lowest BCUT2D eigenvalue weighted by atomic mass is 10.1. The molecule has 4 rings (SSSR count). The van der Waals surface area contributed by atoms with E-state index >= 15 is 0 Å². The van der Waals surface area contributed by atoms with E-state index in [1.54, 1.807) is 25.3 Å². The Morgan fingerprint density at radius 3 is 2.74 bits per heavy atom. The number of benzene rings is 2. The highest BCUT2D eigenvalue weighted by Crippen LogP contribution is 2.33. The van der Waals surface area contributed by atoms with Crippen molar-refractivity contribution in [3.63, 3.8) is 0 Å². The fraction of sp³-hybridized carbons (Fsp3) is 0.154. The van der Waals surface area contributed by atoms with Crippen LogP contribution in [0.3, 0.4) is 0 Å². The third-order valence-corrected chi connectivity index (χ3v) is 5.17. The molecule has 2 aromatic carbocycles. The number of rotatable bonds is 6. The molecule has 2 N–H and O–H groups in total. The molecule has 2 aromatic heterocycles. The summed E-state index contributed by atoms with van der Waals surface area (Å²) in [5, 5.41) is 7.29. The molecule has 0 saturated carbocycles. The smallest absolute Gasteiger partial charge is 0.220 e. The zero-order valence-electron chi connectivity index (χ0n) is 18.7. The fourth-order valence-corrected chi connectivity index (χ4v) is 3.31. The van der Waals surface area contributed by atoms with Crippen LogP contribution in [0.15, 0.2) is 61.1 Å². The minimum absolute atomic E-state index is 0.0293. The zero-order chi connectivity index (χ0) is 23.9. The molecule has 0 aliphatic rings. The minimum atomic E-state index is -0.0293. The van der Waals surface area contributed by atoms with E-state index in [1.165, 1.54) is 6.33 Å². The van der Waals surface area contributed by atoms with Gasteiger partial charge in [0.05, 0.1) is 23.3 Å². The van der Waals surface area contributed by atoms with Crippen LogP contribution >= 0.6 is 11.6 Å². The Labute approximate surface area is 202 Å². The lowest BCUT2D eigenvalue weighted by molar-refractivity contribution is -0.120. The Kier molecular flexibility index (Phi) is 7.21. The predicted molar refractivity (Wildman–Crippen MR) is 133 cm³/mol. The molecule has 0 bridgehead atoms. The molecular weight excluding hydrogens is 450 g/mol. The molecule has 8 heteroatoms. The van der Waals surface area contributed by atoms with E-state index in [-0.39, 0.29) is 5.91 Å². The van der Waals surface area contributed by atoms with Crippen molar-refractivity contribution in [3.05, 3.63) is 77.3 Å². The summed E-state index contributed by atoms with van der Waals surface area (Å²) >= 11 is 6.46. The van der Waals surface area contributed by atoms with Gasteiger partial charge >= 0.3 is 0 Å². The van der Waals surface area contributed by atoms with Gasteiger partial charge in [-0.15, -0.1) is 0 Å². The van der Waals surface area contributed by atoms with E-state index in [2.05, 4.69) is 37.4 Å². The molecule has 0 aliphatic heterocycles. The van der Waals surface area contributed by atoms with Crippen molar-refractivity contribution < 1.29 is 9.53 Å². The number of amides is 1. The molecule has 1 amide bonds. The first-order valence-electron chi connectivity index (χ1n) is 10.7. The number of nitrogens with zero attached hydrogens (tertiary/aromatic N) is 3. The molecule has 34 heavy (non-hydrogen) atoms.